The Hall–Kier alpha value is -2.61. The van der Waals surface area contributed by atoms with E-state index in [1.807, 2.05) is 24.1 Å². The summed E-state index contributed by atoms with van der Waals surface area (Å²) < 4.78 is 0. The fourth-order valence-corrected chi connectivity index (χ4v) is 1.84. The molecule has 0 bridgehead atoms. The molecule has 0 atom stereocenters. The Morgan fingerprint density at radius 2 is 2.00 bits per heavy atom. The largest absolute Gasteiger partial charge is 0.357 e. The van der Waals surface area contributed by atoms with Gasteiger partial charge in [0.05, 0.1) is 6.07 Å². The van der Waals surface area contributed by atoms with Crippen LogP contribution in [-0.4, -0.2) is 23.6 Å². The van der Waals surface area contributed by atoms with Gasteiger partial charge in [-0.05, 0) is 24.1 Å². The molecule has 1 N–H and O–H groups in total. The normalized spacial score (nSPS) is 9.85. The maximum Gasteiger partial charge on any atom is 0.138 e. The van der Waals surface area contributed by atoms with E-state index in [0.29, 0.717) is 5.82 Å². The molecule has 0 radical (unpaired) electrons. The van der Waals surface area contributed by atoms with Crippen molar-refractivity contribution in [1.82, 2.24) is 9.97 Å². The first kappa shape index (κ1) is 13.8. The monoisotopic (exact) mass is 267 g/mol. The maximum absolute atomic E-state index is 8.57. The summed E-state index contributed by atoms with van der Waals surface area (Å²) in [5.74, 6) is 1.43. The van der Waals surface area contributed by atoms with Crippen LogP contribution >= 0.6 is 0 Å². The average molecular weight is 267 g/mol. The second-order valence-electron chi connectivity index (χ2n) is 4.35. The van der Waals surface area contributed by atoms with Gasteiger partial charge >= 0.3 is 0 Å². The smallest absolute Gasteiger partial charge is 0.138 e. The van der Waals surface area contributed by atoms with Crippen molar-refractivity contribution in [2.24, 2.45) is 0 Å². The number of nitrogens with zero attached hydrogens (tertiary/aromatic N) is 4. The Bertz CT molecular complexity index is 600. The van der Waals surface area contributed by atoms with Crippen LogP contribution in [0.15, 0.2) is 36.7 Å². The van der Waals surface area contributed by atoms with E-state index < -0.39 is 0 Å². The highest BCUT2D eigenvalue weighted by Crippen LogP contribution is 2.23. The molecule has 20 heavy (non-hydrogen) atoms. The number of aryl methyl sites for hydroxylation is 1. The van der Waals surface area contributed by atoms with Crippen LogP contribution in [0, 0.1) is 11.3 Å². The number of nitrogens with one attached hydrogen (secondary N) is 1. The Morgan fingerprint density at radius 3 is 2.65 bits per heavy atom. The van der Waals surface area contributed by atoms with Crippen molar-refractivity contribution < 1.29 is 0 Å². The van der Waals surface area contributed by atoms with Crippen molar-refractivity contribution >= 4 is 17.3 Å². The van der Waals surface area contributed by atoms with E-state index in [0.717, 1.165) is 17.9 Å². The minimum atomic E-state index is 0.228. The molecule has 5 heteroatoms. The molecule has 2 aromatic rings. The van der Waals surface area contributed by atoms with Crippen LogP contribution in [0.5, 0.6) is 0 Å². The molecular weight excluding hydrogens is 250 g/mol. The molecule has 0 amide bonds. The predicted molar refractivity (Wildman–Crippen MR) is 80.0 cm³/mol. The Morgan fingerprint density at radius 1 is 1.25 bits per heavy atom. The molecule has 0 aliphatic heterocycles. The van der Waals surface area contributed by atoms with Crippen molar-refractivity contribution in [2.45, 2.75) is 13.3 Å². The SMILES string of the molecule is CCc1ccc(N(C)c2cc(NCC#N)ncn2)cc1. The fourth-order valence-electron chi connectivity index (χ4n) is 1.84. The van der Waals surface area contributed by atoms with Gasteiger partial charge in [-0.25, -0.2) is 9.97 Å². The first-order valence-corrected chi connectivity index (χ1v) is 6.50. The number of anilines is 3. The van der Waals surface area contributed by atoms with Gasteiger partial charge in [0, 0.05) is 18.8 Å². The van der Waals surface area contributed by atoms with Crippen molar-refractivity contribution in [3.63, 3.8) is 0 Å². The molecule has 0 aliphatic carbocycles. The summed E-state index contributed by atoms with van der Waals surface area (Å²) in [5.41, 5.74) is 2.37. The predicted octanol–water partition coefficient (Wildman–Crippen LogP) is 2.74. The molecule has 0 spiro atoms. The number of nitriles is 1. The molecule has 1 aromatic heterocycles. The third kappa shape index (κ3) is 3.23. The molecule has 1 heterocycles. The lowest BCUT2D eigenvalue weighted by molar-refractivity contribution is 1.07. The third-order valence-corrected chi connectivity index (χ3v) is 3.08. The highest BCUT2D eigenvalue weighted by molar-refractivity contribution is 5.61. The number of hydrogen-bond acceptors (Lipinski definition) is 5. The maximum atomic E-state index is 8.57. The lowest BCUT2D eigenvalue weighted by Crippen LogP contribution is -2.12. The summed E-state index contributed by atoms with van der Waals surface area (Å²) in [4.78, 5) is 10.3. The zero-order valence-corrected chi connectivity index (χ0v) is 11.7. The summed E-state index contributed by atoms with van der Waals surface area (Å²) in [6.07, 6.45) is 2.52. The fraction of sp³-hybridized carbons (Fsp3) is 0.267. The molecule has 0 saturated carbocycles. The van der Waals surface area contributed by atoms with E-state index in [1.165, 1.54) is 11.9 Å². The van der Waals surface area contributed by atoms with Crippen LogP contribution in [0.25, 0.3) is 0 Å². The van der Waals surface area contributed by atoms with E-state index in [9.17, 15) is 0 Å². The molecular formula is C15H17N5. The van der Waals surface area contributed by atoms with Crippen LogP contribution in [0.3, 0.4) is 0 Å². The van der Waals surface area contributed by atoms with Crippen molar-refractivity contribution in [2.75, 3.05) is 23.8 Å². The van der Waals surface area contributed by atoms with E-state index >= 15 is 0 Å². The Labute approximate surface area is 118 Å². The van der Waals surface area contributed by atoms with Gasteiger partial charge in [0.15, 0.2) is 0 Å². The summed E-state index contributed by atoms with van der Waals surface area (Å²) in [7, 11) is 1.96. The zero-order chi connectivity index (χ0) is 14.4. The highest BCUT2D eigenvalue weighted by atomic mass is 15.2. The lowest BCUT2D eigenvalue weighted by atomic mass is 10.1. The standard InChI is InChI=1S/C15H17N5/c1-3-12-4-6-13(7-5-12)20(2)15-10-14(17-9-8-16)18-11-19-15/h4-7,10-11H,3,9H2,1-2H3,(H,17,18,19). The third-order valence-electron chi connectivity index (χ3n) is 3.08. The van der Waals surface area contributed by atoms with Gasteiger partial charge in [0.25, 0.3) is 0 Å². The Kier molecular flexibility index (Phi) is 4.51. The quantitative estimate of drug-likeness (QED) is 0.844. The molecule has 0 saturated heterocycles. The molecule has 2 rings (SSSR count). The number of hydrogen-bond donors (Lipinski definition) is 1. The molecule has 0 fully saturated rings. The van der Waals surface area contributed by atoms with E-state index in [1.54, 1.807) is 0 Å². The number of benzene rings is 1. The van der Waals surface area contributed by atoms with Gasteiger partial charge in [-0.2, -0.15) is 5.26 Å². The molecule has 0 aliphatic rings. The molecule has 0 unspecified atom stereocenters. The number of rotatable bonds is 5. The highest BCUT2D eigenvalue weighted by Gasteiger charge is 2.06. The van der Waals surface area contributed by atoms with Crippen LogP contribution in [0.1, 0.15) is 12.5 Å². The minimum absolute atomic E-state index is 0.228. The number of aromatic nitrogens is 2. The topological polar surface area (TPSA) is 64.8 Å². The Balaban J connectivity index is 2.19. The van der Waals surface area contributed by atoms with Crippen LogP contribution in [0.2, 0.25) is 0 Å². The molecule has 102 valence electrons. The second-order valence-corrected chi connectivity index (χ2v) is 4.35. The first-order chi connectivity index (χ1) is 9.74. The van der Waals surface area contributed by atoms with E-state index in [2.05, 4.69) is 46.5 Å². The molecule has 5 nitrogen and oxygen atoms in total. The summed E-state index contributed by atoms with van der Waals surface area (Å²) in [6.45, 7) is 2.36. The lowest BCUT2D eigenvalue weighted by Gasteiger charge is -2.19. The zero-order valence-electron chi connectivity index (χ0n) is 11.7. The van der Waals surface area contributed by atoms with Gasteiger partial charge in [-0.3, -0.25) is 0 Å². The van der Waals surface area contributed by atoms with E-state index in [4.69, 9.17) is 5.26 Å². The van der Waals surface area contributed by atoms with Crippen molar-refractivity contribution in [1.29, 1.82) is 5.26 Å². The van der Waals surface area contributed by atoms with Gasteiger partial charge in [0.1, 0.15) is 24.5 Å². The first-order valence-electron chi connectivity index (χ1n) is 6.50. The van der Waals surface area contributed by atoms with Gasteiger partial charge in [-0.15, -0.1) is 0 Å². The summed E-state index contributed by atoms with van der Waals surface area (Å²) in [5, 5.41) is 11.5. The minimum Gasteiger partial charge on any atom is -0.357 e. The van der Waals surface area contributed by atoms with Crippen LogP contribution in [0.4, 0.5) is 17.3 Å². The van der Waals surface area contributed by atoms with Crippen LogP contribution in [-0.2, 0) is 6.42 Å². The average Bonchev–Trinajstić information content (AvgIpc) is 2.52. The molecule has 1 aromatic carbocycles. The van der Waals surface area contributed by atoms with Crippen molar-refractivity contribution in [3.05, 3.63) is 42.2 Å². The van der Waals surface area contributed by atoms with E-state index in [-0.39, 0.29) is 6.54 Å². The van der Waals surface area contributed by atoms with Crippen molar-refractivity contribution in [3.8, 4) is 6.07 Å². The van der Waals surface area contributed by atoms with Gasteiger partial charge in [-0.1, -0.05) is 19.1 Å². The van der Waals surface area contributed by atoms with Gasteiger partial charge < -0.3 is 10.2 Å². The second kappa shape index (κ2) is 6.53. The van der Waals surface area contributed by atoms with Gasteiger partial charge in [0.2, 0.25) is 0 Å². The van der Waals surface area contributed by atoms with Crippen LogP contribution < -0.4 is 10.2 Å². The summed E-state index contributed by atoms with van der Waals surface area (Å²) in [6, 6.07) is 12.2. The summed E-state index contributed by atoms with van der Waals surface area (Å²) >= 11 is 0.